The summed E-state index contributed by atoms with van der Waals surface area (Å²) in [6.07, 6.45) is 3.55. The summed E-state index contributed by atoms with van der Waals surface area (Å²) in [7, 11) is 0. The second-order valence-corrected chi connectivity index (χ2v) is 5.57. The molecular weight excluding hydrogens is 262 g/mol. The molecule has 0 saturated carbocycles. The lowest BCUT2D eigenvalue weighted by Crippen LogP contribution is -1.99. The summed E-state index contributed by atoms with van der Waals surface area (Å²) >= 11 is 1.63. The van der Waals surface area contributed by atoms with Crippen LogP contribution in [0.3, 0.4) is 0 Å². The lowest BCUT2D eigenvalue weighted by molar-refractivity contribution is 0.0697. The van der Waals surface area contributed by atoms with Gasteiger partial charge in [-0.1, -0.05) is 0 Å². The fraction of sp³-hybridized carbons (Fsp3) is 0.154. The number of carbonyl (C=O) groups is 1. The Morgan fingerprint density at radius 3 is 2.95 bits per heavy atom. The monoisotopic (exact) mass is 273 g/mol. The van der Waals surface area contributed by atoms with Crippen LogP contribution < -0.4 is 0 Å². The second-order valence-electron chi connectivity index (χ2n) is 4.25. The van der Waals surface area contributed by atoms with Crippen LogP contribution >= 0.6 is 11.3 Å². The van der Waals surface area contributed by atoms with Gasteiger partial charge in [0.15, 0.2) is 0 Å². The van der Waals surface area contributed by atoms with Crippen molar-refractivity contribution in [2.45, 2.75) is 13.5 Å². The first-order chi connectivity index (χ1) is 9.13. The molecule has 3 aromatic rings. The van der Waals surface area contributed by atoms with Crippen molar-refractivity contribution in [3.05, 3.63) is 46.2 Å². The van der Waals surface area contributed by atoms with Crippen LogP contribution in [0.25, 0.3) is 11.0 Å². The van der Waals surface area contributed by atoms with Crippen molar-refractivity contribution in [3.63, 3.8) is 0 Å². The van der Waals surface area contributed by atoms with Gasteiger partial charge in [-0.3, -0.25) is 0 Å². The fourth-order valence-corrected chi connectivity index (χ4v) is 2.72. The van der Waals surface area contributed by atoms with Crippen molar-refractivity contribution >= 4 is 28.3 Å². The largest absolute Gasteiger partial charge is 0.478 e. The number of carboxylic acid groups (broad SMARTS) is 1. The van der Waals surface area contributed by atoms with Crippen LogP contribution in [0.4, 0.5) is 0 Å². The molecule has 0 unspecified atom stereocenters. The molecule has 0 bridgehead atoms. The van der Waals surface area contributed by atoms with E-state index in [0.29, 0.717) is 6.54 Å². The number of thiazole rings is 1. The molecule has 2 aromatic heterocycles. The van der Waals surface area contributed by atoms with Gasteiger partial charge in [0.25, 0.3) is 0 Å². The number of benzene rings is 1. The van der Waals surface area contributed by atoms with Gasteiger partial charge < -0.3 is 9.67 Å². The standard InChI is InChI=1S/C13H11N3O2S/c1-8-5-14-12(19-8)6-16-7-15-10-3-2-9(13(17)18)4-11(10)16/h2-5,7H,6H2,1H3,(H,17,18). The van der Waals surface area contributed by atoms with Gasteiger partial charge in [-0.05, 0) is 25.1 Å². The Balaban J connectivity index is 2.03. The molecule has 96 valence electrons. The van der Waals surface area contributed by atoms with Crippen LogP contribution in [0.15, 0.2) is 30.7 Å². The molecule has 3 rings (SSSR count). The SMILES string of the molecule is Cc1cnc(Cn2cnc3ccc(C(=O)O)cc32)s1. The van der Waals surface area contributed by atoms with Gasteiger partial charge >= 0.3 is 5.97 Å². The average molecular weight is 273 g/mol. The van der Waals surface area contributed by atoms with Crippen molar-refractivity contribution in [2.24, 2.45) is 0 Å². The zero-order chi connectivity index (χ0) is 13.4. The Hall–Kier alpha value is -2.21. The summed E-state index contributed by atoms with van der Waals surface area (Å²) in [6, 6.07) is 4.93. The number of aromatic nitrogens is 3. The summed E-state index contributed by atoms with van der Waals surface area (Å²) in [4.78, 5) is 20.7. The number of carboxylic acids is 1. The number of fused-ring (bicyclic) bond motifs is 1. The van der Waals surface area contributed by atoms with Crippen molar-refractivity contribution < 1.29 is 9.90 Å². The molecular formula is C13H11N3O2S. The smallest absolute Gasteiger partial charge is 0.335 e. The van der Waals surface area contributed by atoms with Gasteiger partial charge in [0, 0.05) is 11.1 Å². The van der Waals surface area contributed by atoms with Gasteiger partial charge in [0.05, 0.1) is 29.5 Å². The minimum Gasteiger partial charge on any atom is -0.478 e. The van der Waals surface area contributed by atoms with E-state index in [1.54, 1.807) is 35.9 Å². The maximum absolute atomic E-state index is 11.0. The molecule has 19 heavy (non-hydrogen) atoms. The summed E-state index contributed by atoms with van der Waals surface area (Å²) in [6.45, 7) is 2.62. The number of rotatable bonds is 3. The number of hydrogen-bond donors (Lipinski definition) is 1. The number of aryl methyl sites for hydroxylation is 1. The molecule has 1 N–H and O–H groups in total. The van der Waals surface area contributed by atoms with Crippen LogP contribution in [0.1, 0.15) is 20.2 Å². The van der Waals surface area contributed by atoms with E-state index in [0.717, 1.165) is 20.9 Å². The maximum atomic E-state index is 11.0. The van der Waals surface area contributed by atoms with E-state index in [9.17, 15) is 4.79 Å². The van der Waals surface area contributed by atoms with E-state index in [-0.39, 0.29) is 5.56 Å². The van der Waals surface area contributed by atoms with Crippen molar-refractivity contribution in [2.75, 3.05) is 0 Å². The predicted molar refractivity (Wildman–Crippen MR) is 72.6 cm³/mol. The zero-order valence-corrected chi connectivity index (χ0v) is 11.0. The highest BCUT2D eigenvalue weighted by Crippen LogP contribution is 2.18. The second kappa shape index (κ2) is 4.47. The number of hydrogen-bond acceptors (Lipinski definition) is 4. The Labute approximate surface area is 113 Å². The summed E-state index contributed by atoms with van der Waals surface area (Å²) in [5, 5.41) is 10.0. The molecule has 2 heterocycles. The summed E-state index contributed by atoms with van der Waals surface area (Å²) < 4.78 is 1.92. The zero-order valence-electron chi connectivity index (χ0n) is 10.2. The first-order valence-corrected chi connectivity index (χ1v) is 6.54. The van der Waals surface area contributed by atoms with E-state index in [2.05, 4.69) is 9.97 Å². The molecule has 0 spiro atoms. The van der Waals surface area contributed by atoms with Gasteiger partial charge in [-0.2, -0.15) is 0 Å². The number of imidazole rings is 1. The first kappa shape index (κ1) is 11.9. The minimum absolute atomic E-state index is 0.268. The molecule has 0 aliphatic rings. The lowest BCUT2D eigenvalue weighted by atomic mass is 10.2. The normalized spacial score (nSPS) is 11.0. The number of aromatic carboxylic acids is 1. The van der Waals surface area contributed by atoms with Crippen LogP contribution in [0, 0.1) is 6.92 Å². The molecule has 5 nitrogen and oxygen atoms in total. The minimum atomic E-state index is -0.931. The highest BCUT2D eigenvalue weighted by Gasteiger charge is 2.09. The Morgan fingerprint density at radius 2 is 2.26 bits per heavy atom. The first-order valence-electron chi connectivity index (χ1n) is 5.73. The van der Waals surface area contributed by atoms with Gasteiger partial charge in [0.2, 0.25) is 0 Å². The molecule has 0 aliphatic carbocycles. The Bertz CT molecular complexity index is 760. The fourth-order valence-electron chi connectivity index (χ4n) is 1.94. The van der Waals surface area contributed by atoms with E-state index < -0.39 is 5.97 Å². The molecule has 6 heteroatoms. The average Bonchev–Trinajstić information content (AvgIpc) is 2.96. The molecule has 0 atom stereocenters. The topological polar surface area (TPSA) is 68.0 Å². The molecule has 0 saturated heterocycles. The summed E-state index contributed by atoms with van der Waals surface area (Å²) in [5.74, 6) is -0.931. The van der Waals surface area contributed by atoms with Crippen molar-refractivity contribution in [1.29, 1.82) is 0 Å². The lowest BCUT2D eigenvalue weighted by Gasteiger charge is -2.02. The quantitative estimate of drug-likeness (QED) is 0.796. The Kier molecular flexibility index (Phi) is 2.79. The van der Waals surface area contributed by atoms with Crippen molar-refractivity contribution in [1.82, 2.24) is 14.5 Å². The van der Waals surface area contributed by atoms with E-state index >= 15 is 0 Å². The highest BCUT2D eigenvalue weighted by atomic mass is 32.1. The highest BCUT2D eigenvalue weighted by molar-refractivity contribution is 7.11. The molecule has 1 aromatic carbocycles. The number of nitrogens with zero attached hydrogens (tertiary/aromatic N) is 3. The van der Waals surface area contributed by atoms with E-state index in [4.69, 9.17) is 5.11 Å². The molecule has 0 amide bonds. The van der Waals surface area contributed by atoms with Crippen LogP contribution in [0.5, 0.6) is 0 Å². The van der Waals surface area contributed by atoms with Crippen LogP contribution in [-0.2, 0) is 6.54 Å². The third kappa shape index (κ3) is 2.22. The van der Waals surface area contributed by atoms with Crippen LogP contribution in [0.2, 0.25) is 0 Å². The predicted octanol–water partition coefficient (Wildman–Crippen LogP) is 2.55. The molecule has 0 fully saturated rings. The maximum Gasteiger partial charge on any atom is 0.335 e. The summed E-state index contributed by atoms with van der Waals surface area (Å²) in [5.41, 5.74) is 1.87. The van der Waals surface area contributed by atoms with E-state index in [1.165, 1.54) is 0 Å². The van der Waals surface area contributed by atoms with Gasteiger partial charge in [0.1, 0.15) is 5.01 Å². The van der Waals surface area contributed by atoms with Crippen LogP contribution in [-0.4, -0.2) is 25.6 Å². The Morgan fingerprint density at radius 1 is 1.42 bits per heavy atom. The third-order valence-electron chi connectivity index (χ3n) is 2.84. The van der Waals surface area contributed by atoms with Gasteiger partial charge in [-0.15, -0.1) is 11.3 Å². The van der Waals surface area contributed by atoms with Gasteiger partial charge in [-0.25, -0.2) is 14.8 Å². The third-order valence-corrected chi connectivity index (χ3v) is 3.74. The molecule has 0 radical (unpaired) electrons. The molecule has 0 aliphatic heterocycles. The van der Waals surface area contributed by atoms with E-state index in [1.807, 2.05) is 17.7 Å². The van der Waals surface area contributed by atoms with Crippen molar-refractivity contribution in [3.8, 4) is 0 Å².